The van der Waals surface area contributed by atoms with E-state index < -0.39 is 9.84 Å². The van der Waals surface area contributed by atoms with Crippen LogP contribution < -0.4 is 5.73 Å². The highest BCUT2D eigenvalue weighted by molar-refractivity contribution is 7.91. The lowest BCUT2D eigenvalue weighted by Crippen LogP contribution is -2.27. The molecule has 0 spiro atoms. The Morgan fingerprint density at radius 3 is 2.81 bits per heavy atom. The van der Waals surface area contributed by atoms with Gasteiger partial charge in [-0.25, -0.2) is 8.42 Å². The van der Waals surface area contributed by atoms with Crippen LogP contribution in [0.15, 0.2) is 11.6 Å². The zero-order valence-corrected chi connectivity index (χ0v) is 10.5. The Morgan fingerprint density at radius 2 is 2.25 bits per heavy atom. The summed E-state index contributed by atoms with van der Waals surface area (Å²) in [7, 11) is -2.75. The maximum Gasteiger partial charge on any atom is 0.150 e. The van der Waals surface area contributed by atoms with Gasteiger partial charge in [0, 0.05) is 6.04 Å². The van der Waals surface area contributed by atoms with Crippen LogP contribution in [0.5, 0.6) is 0 Å². The van der Waals surface area contributed by atoms with Gasteiger partial charge in [-0.15, -0.1) is 0 Å². The third-order valence-electron chi connectivity index (χ3n) is 3.72. The van der Waals surface area contributed by atoms with Crippen molar-refractivity contribution in [3.8, 4) is 0 Å². The van der Waals surface area contributed by atoms with E-state index in [-0.39, 0.29) is 6.04 Å². The summed E-state index contributed by atoms with van der Waals surface area (Å²) in [6.45, 7) is 0. The Labute approximate surface area is 98.0 Å². The molecule has 92 valence electrons. The third-order valence-corrected chi connectivity index (χ3v) is 5.55. The Bertz CT molecular complexity index is 372. The summed E-state index contributed by atoms with van der Waals surface area (Å²) >= 11 is 0. The van der Waals surface area contributed by atoms with Crippen molar-refractivity contribution < 1.29 is 8.42 Å². The predicted molar refractivity (Wildman–Crippen MR) is 65.9 cm³/mol. The van der Waals surface area contributed by atoms with Crippen molar-refractivity contribution >= 4 is 9.84 Å². The zero-order chi connectivity index (χ0) is 11.6. The summed E-state index contributed by atoms with van der Waals surface area (Å²) in [5.74, 6) is 1.01. The summed E-state index contributed by atoms with van der Waals surface area (Å²) in [6, 6.07) is 0.0959. The van der Waals surface area contributed by atoms with Gasteiger partial charge in [0.05, 0.1) is 11.5 Å². The highest BCUT2D eigenvalue weighted by Crippen LogP contribution is 2.27. The Kier molecular flexibility index (Phi) is 3.70. The van der Waals surface area contributed by atoms with Crippen LogP contribution in [0.1, 0.15) is 38.5 Å². The first kappa shape index (κ1) is 12.1. The van der Waals surface area contributed by atoms with Crippen LogP contribution in [0.4, 0.5) is 0 Å². The molecule has 0 aromatic rings. The second kappa shape index (κ2) is 4.88. The highest BCUT2D eigenvalue weighted by atomic mass is 32.2. The van der Waals surface area contributed by atoms with E-state index in [1.54, 1.807) is 0 Å². The minimum absolute atomic E-state index is 0.0959. The van der Waals surface area contributed by atoms with Crippen LogP contribution in [-0.2, 0) is 9.84 Å². The molecule has 1 aliphatic heterocycles. The molecule has 2 unspecified atom stereocenters. The molecule has 0 saturated carbocycles. The topological polar surface area (TPSA) is 60.2 Å². The van der Waals surface area contributed by atoms with Crippen LogP contribution in [0.3, 0.4) is 0 Å². The number of hydrogen-bond acceptors (Lipinski definition) is 3. The molecule has 0 amide bonds. The van der Waals surface area contributed by atoms with Gasteiger partial charge < -0.3 is 5.73 Å². The molecule has 0 bridgehead atoms. The molecule has 0 aromatic carbocycles. The van der Waals surface area contributed by atoms with E-state index in [1.807, 2.05) is 0 Å². The molecule has 2 atom stereocenters. The molecule has 1 fully saturated rings. The average molecular weight is 243 g/mol. The van der Waals surface area contributed by atoms with Gasteiger partial charge in [0.1, 0.15) is 0 Å². The standard InChI is InChI=1S/C12H21NO2S/c13-12(11-4-2-1-3-5-11)8-10-6-7-16(14,15)9-10/h4,10,12H,1-3,5-9,13H2. The van der Waals surface area contributed by atoms with Crippen LogP contribution in [0.2, 0.25) is 0 Å². The van der Waals surface area contributed by atoms with E-state index in [2.05, 4.69) is 6.08 Å². The van der Waals surface area contributed by atoms with E-state index in [0.717, 1.165) is 25.7 Å². The van der Waals surface area contributed by atoms with Crippen molar-refractivity contribution in [2.24, 2.45) is 11.7 Å². The quantitative estimate of drug-likeness (QED) is 0.767. The fraction of sp³-hybridized carbons (Fsp3) is 0.833. The van der Waals surface area contributed by atoms with Crippen molar-refractivity contribution in [2.75, 3.05) is 11.5 Å². The summed E-state index contributed by atoms with van der Waals surface area (Å²) in [4.78, 5) is 0. The van der Waals surface area contributed by atoms with E-state index in [9.17, 15) is 8.42 Å². The molecule has 4 heteroatoms. The van der Waals surface area contributed by atoms with E-state index in [0.29, 0.717) is 17.4 Å². The summed E-state index contributed by atoms with van der Waals surface area (Å²) in [5, 5.41) is 0. The molecule has 1 saturated heterocycles. The number of allylic oxidation sites excluding steroid dienone is 1. The summed E-state index contributed by atoms with van der Waals surface area (Å²) < 4.78 is 22.7. The van der Waals surface area contributed by atoms with Gasteiger partial charge in [-0.1, -0.05) is 11.6 Å². The monoisotopic (exact) mass is 243 g/mol. The lowest BCUT2D eigenvalue weighted by atomic mass is 9.89. The number of nitrogens with two attached hydrogens (primary N) is 1. The van der Waals surface area contributed by atoms with E-state index >= 15 is 0 Å². The van der Waals surface area contributed by atoms with Crippen molar-refractivity contribution in [2.45, 2.75) is 44.6 Å². The Morgan fingerprint density at radius 1 is 1.44 bits per heavy atom. The first-order valence-corrected chi connectivity index (χ1v) is 8.04. The van der Waals surface area contributed by atoms with Gasteiger partial charge in [0.15, 0.2) is 9.84 Å². The van der Waals surface area contributed by atoms with Crippen molar-refractivity contribution in [3.63, 3.8) is 0 Å². The molecular weight excluding hydrogens is 222 g/mol. The third kappa shape index (κ3) is 3.08. The fourth-order valence-corrected chi connectivity index (χ4v) is 4.65. The molecule has 0 aromatic heterocycles. The van der Waals surface area contributed by atoms with Crippen LogP contribution >= 0.6 is 0 Å². The van der Waals surface area contributed by atoms with Gasteiger partial charge in [-0.2, -0.15) is 0 Å². The minimum atomic E-state index is -2.75. The summed E-state index contributed by atoms with van der Waals surface area (Å²) in [5.41, 5.74) is 7.51. The maximum absolute atomic E-state index is 11.3. The van der Waals surface area contributed by atoms with Crippen LogP contribution in [0.25, 0.3) is 0 Å². The smallest absolute Gasteiger partial charge is 0.150 e. The SMILES string of the molecule is NC(CC1CCS(=O)(=O)C1)C1=CCCCC1. The van der Waals surface area contributed by atoms with E-state index in [1.165, 1.54) is 18.4 Å². The van der Waals surface area contributed by atoms with Gasteiger partial charge in [0.25, 0.3) is 0 Å². The zero-order valence-electron chi connectivity index (χ0n) is 9.69. The molecule has 2 N–H and O–H groups in total. The largest absolute Gasteiger partial charge is 0.324 e. The molecule has 2 aliphatic rings. The molecule has 2 rings (SSSR count). The summed E-state index contributed by atoms with van der Waals surface area (Å²) in [6.07, 6.45) is 8.69. The fourth-order valence-electron chi connectivity index (χ4n) is 2.77. The van der Waals surface area contributed by atoms with Crippen molar-refractivity contribution in [1.29, 1.82) is 0 Å². The Balaban J connectivity index is 1.88. The van der Waals surface area contributed by atoms with Gasteiger partial charge in [-0.05, 0) is 44.4 Å². The molecular formula is C12H21NO2S. The number of hydrogen-bond donors (Lipinski definition) is 1. The molecule has 1 aliphatic carbocycles. The average Bonchev–Trinajstić information content (AvgIpc) is 2.59. The first-order valence-electron chi connectivity index (χ1n) is 6.22. The molecule has 1 heterocycles. The second-order valence-electron chi connectivity index (χ2n) is 5.14. The van der Waals surface area contributed by atoms with Gasteiger partial charge in [0.2, 0.25) is 0 Å². The second-order valence-corrected chi connectivity index (χ2v) is 7.36. The van der Waals surface area contributed by atoms with Gasteiger partial charge in [-0.3, -0.25) is 0 Å². The Hall–Kier alpha value is -0.350. The number of sulfone groups is 1. The van der Waals surface area contributed by atoms with Crippen molar-refractivity contribution in [1.82, 2.24) is 0 Å². The normalized spacial score (nSPS) is 31.1. The molecule has 16 heavy (non-hydrogen) atoms. The lowest BCUT2D eigenvalue weighted by Gasteiger charge is -2.21. The molecule has 0 radical (unpaired) electrons. The number of rotatable bonds is 3. The van der Waals surface area contributed by atoms with E-state index in [4.69, 9.17) is 5.73 Å². The molecule has 3 nitrogen and oxygen atoms in total. The van der Waals surface area contributed by atoms with Crippen molar-refractivity contribution in [3.05, 3.63) is 11.6 Å². The van der Waals surface area contributed by atoms with Gasteiger partial charge >= 0.3 is 0 Å². The maximum atomic E-state index is 11.3. The van der Waals surface area contributed by atoms with Crippen LogP contribution in [0, 0.1) is 5.92 Å². The minimum Gasteiger partial charge on any atom is -0.324 e. The predicted octanol–water partition coefficient (Wildman–Crippen LogP) is 1.64. The van der Waals surface area contributed by atoms with Crippen LogP contribution in [-0.4, -0.2) is 26.0 Å². The lowest BCUT2D eigenvalue weighted by molar-refractivity contribution is 0.485. The highest BCUT2D eigenvalue weighted by Gasteiger charge is 2.29. The first-order chi connectivity index (χ1) is 7.57.